The van der Waals surface area contributed by atoms with Crippen molar-refractivity contribution in [1.29, 1.82) is 0 Å². The predicted molar refractivity (Wildman–Crippen MR) is 143 cm³/mol. The van der Waals surface area contributed by atoms with E-state index in [-0.39, 0.29) is 11.8 Å². The maximum absolute atomic E-state index is 12.8. The van der Waals surface area contributed by atoms with Crippen molar-refractivity contribution in [2.24, 2.45) is 0 Å². The van der Waals surface area contributed by atoms with Gasteiger partial charge in [-0.1, -0.05) is 60.3 Å². The third-order valence-electron chi connectivity index (χ3n) is 6.94. The van der Waals surface area contributed by atoms with E-state index in [1.54, 1.807) is 6.07 Å². The first-order valence-electron chi connectivity index (χ1n) is 12.6. The van der Waals surface area contributed by atoms with Crippen molar-refractivity contribution in [1.82, 2.24) is 14.8 Å². The van der Waals surface area contributed by atoms with Crippen molar-refractivity contribution in [3.8, 4) is 5.88 Å². The maximum atomic E-state index is 12.8. The van der Waals surface area contributed by atoms with Crippen LogP contribution in [0.4, 0.5) is 0 Å². The third-order valence-corrected chi connectivity index (χ3v) is 7.47. The molecule has 2 aromatic carbocycles. The quantitative estimate of drug-likeness (QED) is 0.304. The fourth-order valence-electron chi connectivity index (χ4n) is 5.00. The van der Waals surface area contributed by atoms with Crippen molar-refractivity contribution in [3.05, 3.63) is 64.3 Å². The highest BCUT2D eigenvalue weighted by atomic mass is 79.9. The Hall–Kier alpha value is -2.31. The number of fused-ring (bicyclic) bond motifs is 1. The zero-order valence-electron chi connectivity index (χ0n) is 20.1. The molecule has 3 aromatic rings. The Morgan fingerprint density at radius 2 is 1.97 bits per heavy atom. The Bertz CT molecular complexity index is 1090. The lowest BCUT2D eigenvalue weighted by Gasteiger charge is -2.36. The van der Waals surface area contributed by atoms with Gasteiger partial charge >= 0.3 is 0 Å². The molecule has 1 saturated heterocycles. The summed E-state index contributed by atoms with van der Waals surface area (Å²) >= 11 is 3.45. The molecule has 0 saturated carbocycles. The van der Waals surface area contributed by atoms with Gasteiger partial charge in [0, 0.05) is 46.1 Å². The lowest BCUT2D eigenvalue weighted by Crippen LogP contribution is -2.41. The first-order chi connectivity index (χ1) is 16.5. The number of benzene rings is 2. The summed E-state index contributed by atoms with van der Waals surface area (Å²) in [6.45, 7) is 5.75. The number of aromatic nitrogens is 1. The summed E-state index contributed by atoms with van der Waals surface area (Å²) in [5.41, 5.74) is 1.69. The molecule has 1 aliphatic heterocycles. The summed E-state index contributed by atoms with van der Waals surface area (Å²) in [4.78, 5) is 15.4. The minimum absolute atomic E-state index is 0.0804. The fraction of sp³-hybridized carbons (Fsp3) is 0.464. The number of unbranched alkanes of at least 4 members (excludes halogenated alkanes) is 1. The molecule has 0 bridgehead atoms. The average molecular weight is 527 g/mol. The van der Waals surface area contributed by atoms with Gasteiger partial charge in [0.15, 0.2) is 5.88 Å². The second-order valence-corrected chi connectivity index (χ2v) is 10.4. The molecule has 1 fully saturated rings. The second-order valence-electron chi connectivity index (χ2n) is 9.45. The molecular weight excluding hydrogens is 490 g/mol. The van der Waals surface area contributed by atoms with Gasteiger partial charge in [-0.25, -0.2) is 0 Å². The summed E-state index contributed by atoms with van der Waals surface area (Å²) in [7, 11) is 0. The number of nitrogens with one attached hydrogen (secondary N) is 1. The fourth-order valence-corrected chi connectivity index (χ4v) is 5.27. The molecular formula is C28H36BrN3O2. The van der Waals surface area contributed by atoms with E-state index in [9.17, 15) is 9.90 Å². The van der Waals surface area contributed by atoms with Crippen LogP contribution in [0.5, 0.6) is 5.88 Å². The predicted octanol–water partition coefficient (Wildman–Crippen LogP) is 6.32. The van der Waals surface area contributed by atoms with Crippen LogP contribution in [0.3, 0.4) is 0 Å². The van der Waals surface area contributed by atoms with Gasteiger partial charge in [0.2, 0.25) is 0 Å². The number of amides is 1. The van der Waals surface area contributed by atoms with Crippen molar-refractivity contribution in [3.63, 3.8) is 0 Å². The number of hydrogen-bond donors (Lipinski definition) is 2. The van der Waals surface area contributed by atoms with E-state index in [1.807, 2.05) is 47.2 Å². The van der Waals surface area contributed by atoms with Crippen molar-refractivity contribution in [2.45, 2.75) is 64.5 Å². The molecule has 4 rings (SSSR count). The number of carbonyl (C=O) groups is 1. The van der Waals surface area contributed by atoms with Crippen LogP contribution in [0.1, 0.15) is 67.8 Å². The van der Waals surface area contributed by atoms with Gasteiger partial charge in [0.1, 0.15) is 0 Å². The Balaban J connectivity index is 1.32. The summed E-state index contributed by atoms with van der Waals surface area (Å²) in [5.74, 6) is 0.110. The molecule has 182 valence electrons. The molecule has 1 amide bonds. The van der Waals surface area contributed by atoms with Crippen molar-refractivity contribution >= 4 is 32.6 Å². The molecule has 1 unspecified atom stereocenters. The molecule has 0 radical (unpaired) electrons. The zero-order chi connectivity index (χ0) is 23.9. The molecule has 0 aliphatic carbocycles. The third kappa shape index (κ3) is 6.22. The first kappa shape index (κ1) is 24.8. The number of rotatable bonds is 10. The number of halogens is 1. The standard InChI is InChI=1S/C28H36BrN3O2/c1-2-3-7-25-8-4-5-16-31(25)17-6-15-30-27(33)22-11-12-23-20-32(28(34)26(23)18-22)19-21-9-13-24(29)14-10-21/h9-14,18,20,25,34H,2-8,15-17,19H2,1H3,(H,30,33). The first-order valence-corrected chi connectivity index (χ1v) is 13.4. The Kier molecular flexibility index (Phi) is 8.68. The molecule has 1 aromatic heterocycles. The Morgan fingerprint density at radius 1 is 1.15 bits per heavy atom. The minimum Gasteiger partial charge on any atom is -0.494 e. The Labute approximate surface area is 211 Å². The van der Waals surface area contributed by atoms with Crippen LogP contribution in [0.15, 0.2) is 53.1 Å². The van der Waals surface area contributed by atoms with Gasteiger partial charge in [0.05, 0.1) is 6.54 Å². The van der Waals surface area contributed by atoms with Gasteiger partial charge in [-0.3, -0.25) is 4.79 Å². The van der Waals surface area contributed by atoms with E-state index in [1.165, 1.54) is 45.1 Å². The van der Waals surface area contributed by atoms with Gasteiger partial charge < -0.3 is 19.9 Å². The van der Waals surface area contributed by atoms with E-state index >= 15 is 0 Å². The maximum Gasteiger partial charge on any atom is 0.251 e. The molecule has 1 atom stereocenters. The topological polar surface area (TPSA) is 57.5 Å². The van der Waals surface area contributed by atoms with E-state index < -0.39 is 0 Å². The van der Waals surface area contributed by atoms with Crippen LogP contribution < -0.4 is 5.32 Å². The second kappa shape index (κ2) is 11.9. The molecule has 5 nitrogen and oxygen atoms in total. The molecule has 1 aliphatic rings. The SMILES string of the molecule is CCCCC1CCCCN1CCCNC(=O)c1ccc2cn(Cc3ccc(Br)cc3)c(O)c2c1. The monoisotopic (exact) mass is 525 g/mol. The minimum atomic E-state index is -0.0804. The normalized spacial score (nSPS) is 16.7. The van der Waals surface area contributed by atoms with Crippen LogP contribution >= 0.6 is 15.9 Å². The molecule has 34 heavy (non-hydrogen) atoms. The lowest BCUT2D eigenvalue weighted by molar-refractivity contribution is 0.0947. The number of nitrogens with zero attached hydrogens (tertiary/aromatic N) is 2. The van der Waals surface area contributed by atoms with Crippen LogP contribution in [-0.2, 0) is 6.54 Å². The number of piperidine rings is 1. The van der Waals surface area contributed by atoms with Gasteiger partial charge in [-0.2, -0.15) is 0 Å². The molecule has 6 heteroatoms. The van der Waals surface area contributed by atoms with E-state index in [4.69, 9.17) is 0 Å². The molecule has 0 spiro atoms. The van der Waals surface area contributed by atoms with Gasteiger partial charge in [-0.15, -0.1) is 0 Å². The highest BCUT2D eigenvalue weighted by Gasteiger charge is 2.21. The number of aromatic hydroxyl groups is 1. The van der Waals surface area contributed by atoms with Gasteiger partial charge in [0.25, 0.3) is 5.91 Å². The van der Waals surface area contributed by atoms with Crippen molar-refractivity contribution in [2.75, 3.05) is 19.6 Å². The highest BCUT2D eigenvalue weighted by molar-refractivity contribution is 9.10. The largest absolute Gasteiger partial charge is 0.494 e. The summed E-state index contributed by atoms with van der Waals surface area (Å²) in [6.07, 6.45) is 10.7. The summed E-state index contributed by atoms with van der Waals surface area (Å²) in [5, 5.41) is 15.5. The Morgan fingerprint density at radius 3 is 2.76 bits per heavy atom. The number of likely N-dealkylation sites (tertiary alicyclic amines) is 1. The number of carbonyl (C=O) groups excluding carboxylic acids is 1. The smallest absolute Gasteiger partial charge is 0.251 e. The van der Waals surface area contributed by atoms with Gasteiger partial charge in [-0.05, 0) is 62.1 Å². The lowest BCUT2D eigenvalue weighted by atomic mass is 9.97. The zero-order valence-corrected chi connectivity index (χ0v) is 21.7. The number of hydrogen-bond acceptors (Lipinski definition) is 3. The van der Waals surface area contributed by atoms with Crippen LogP contribution in [0.25, 0.3) is 10.8 Å². The molecule has 2 heterocycles. The summed E-state index contributed by atoms with van der Waals surface area (Å²) in [6, 6.07) is 14.3. The van der Waals surface area contributed by atoms with Crippen molar-refractivity contribution < 1.29 is 9.90 Å². The van der Waals surface area contributed by atoms with Crippen LogP contribution in [0, 0.1) is 0 Å². The molecule has 2 N–H and O–H groups in total. The van der Waals surface area contributed by atoms with E-state index in [0.717, 1.165) is 34.4 Å². The van der Waals surface area contributed by atoms with E-state index in [0.29, 0.717) is 24.0 Å². The van der Waals surface area contributed by atoms with E-state index in [2.05, 4.69) is 33.1 Å². The average Bonchev–Trinajstić information content (AvgIpc) is 3.16. The summed E-state index contributed by atoms with van der Waals surface area (Å²) < 4.78 is 2.85. The highest BCUT2D eigenvalue weighted by Crippen LogP contribution is 2.29. The van der Waals surface area contributed by atoms with Crippen LogP contribution in [-0.4, -0.2) is 46.2 Å². The van der Waals surface area contributed by atoms with Crippen LogP contribution in [0.2, 0.25) is 0 Å².